The van der Waals surface area contributed by atoms with Crippen molar-refractivity contribution in [2.45, 2.75) is 27.2 Å². The monoisotopic (exact) mass is 256 g/mol. The smallest absolute Gasteiger partial charge is 0.341 e. The predicted octanol–water partition coefficient (Wildman–Crippen LogP) is 3.85. The van der Waals surface area contributed by atoms with E-state index in [0.29, 0.717) is 12.4 Å². The van der Waals surface area contributed by atoms with Gasteiger partial charge in [-0.3, -0.25) is 0 Å². The number of carbonyl (C=O) groups is 1. The van der Waals surface area contributed by atoms with Crippen LogP contribution in [0.3, 0.4) is 0 Å². The number of rotatable bonds is 4. The zero-order valence-corrected chi connectivity index (χ0v) is 11.0. The molecular weight excluding hydrogens is 240 g/mol. The van der Waals surface area contributed by atoms with Gasteiger partial charge in [-0.2, -0.15) is 0 Å². The first-order valence-electron chi connectivity index (χ1n) is 5.46. The van der Waals surface area contributed by atoms with Crippen LogP contribution in [0.1, 0.15) is 37.6 Å². The number of benzene rings is 1. The van der Waals surface area contributed by atoms with Crippen LogP contribution >= 0.6 is 11.6 Å². The Hall–Kier alpha value is -1.22. The maximum atomic E-state index is 11.0. The fraction of sp³-hybridized carbons (Fsp3) is 0.462. The lowest BCUT2D eigenvalue weighted by Crippen LogP contribution is -2.12. The second kappa shape index (κ2) is 5.41. The molecule has 0 saturated carbocycles. The van der Waals surface area contributed by atoms with Gasteiger partial charge in [0.25, 0.3) is 0 Å². The van der Waals surface area contributed by atoms with Gasteiger partial charge in [-0.15, -0.1) is 0 Å². The molecule has 0 aliphatic carbocycles. The maximum absolute atomic E-state index is 11.0. The van der Waals surface area contributed by atoms with Gasteiger partial charge in [0.05, 0.1) is 11.6 Å². The van der Waals surface area contributed by atoms with Crippen LogP contribution in [-0.4, -0.2) is 17.7 Å². The first kappa shape index (κ1) is 13.8. The van der Waals surface area contributed by atoms with Crippen molar-refractivity contribution in [1.29, 1.82) is 0 Å². The minimum absolute atomic E-state index is 0.0306. The summed E-state index contributed by atoms with van der Waals surface area (Å²) in [4.78, 5) is 11.0. The van der Waals surface area contributed by atoms with Crippen molar-refractivity contribution in [3.8, 4) is 5.75 Å². The molecule has 0 spiro atoms. The van der Waals surface area contributed by atoms with Gasteiger partial charge < -0.3 is 9.84 Å². The highest BCUT2D eigenvalue weighted by Gasteiger charge is 2.16. The molecule has 0 aliphatic rings. The molecule has 0 atom stereocenters. The molecule has 1 aromatic carbocycles. The predicted molar refractivity (Wildman–Crippen MR) is 68.0 cm³/mol. The van der Waals surface area contributed by atoms with E-state index in [2.05, 4.69) is 20.8 Å². The molecule has 94 valence electrons. The van der Waals surface area contributed by atoms with E-state index in [0.717, 1.165) is 6.42 Å². The van der Waals surface area contributed by atoms with Crippen molar-refractivity contribution in [2.75, 3.05) is 6.61 Å². The Morgan fingerprint density at radius 2 is 2.06 bits per heavy atom. The van der Waals surface area contributed by atoms with E-state index in [4.69, 9.17) is 21.4 Å². The molecule has 0 radical (unpaired) electrons. The van der Waals surface area contributed by atoms with Gasteiger partial charge in [-0.25, -0.2) is 4.79 Å². The molecule has 0 aromatic heterocycles. The fourth-order valence-electron chi connectivity index (χ4n) is 1.30. The van der Waals surface area contributed by atoms with E-state index in [1.54, 1.807) is 18.2 Å². The molecule has 1 N–H and O–H groups in total. The van der Waals surface area contributed by atoms with Crippen LogP contribution in [0.2, 0.25) is 5.02 Å². The average molecular weight is 257 g/mol. The molecule has 0 unspecified atom stereocenters. The summed E-state index contributed by atoms with van der Waals surface area (Å²) in [6.07, 6.45) is 0.846. The van der Waals surface area contributed by atoms with Crippen molar-refractivity contribution in [1.82, 2.24) is 0 Å². The standard InChI is InChI=1S/C13H17ClO3/c1-13(2,3)7-8-17-10-6-4-5-9(14)11(10)12(15)16/h4-6H,7-8H2,1-3H3,(H,15,16). The fourth-order valence-corrected chi connectivity index (χ4v) is 1.55. The molecule has 1 rings (SSSR count). The molecule has 0 fully saturated rings. The molecular formula is C13H17ClO3. The minimum atomic E-state index is -1.07. The van der Waals surface area contributed by atoms with Crippen LogP contribution in [0.5, 0.6) is 5.75 Å². The number of halogens is 1. The summed E-state index contributed by atoms with van der Waals surface area (Å²) in [5.74, 6) is -0.740. The molecule has 0 aliphatic heterocycles. The van der Waals surface area contributed by atoms with Crippen molar-refractivity contribution < 1.29 is 14.6 Å². The first-order valence-corrected chi connectivity index (χ1v) is 5.84. The molecule has 0 amide bonds. The normalized spacial score (nSPS) is 11.3. The lowest BCUT2D eigenvalue weighted by Gasteiger charge is -2.18. The summed E-state index contributed by atoms with van der Waals surface area (Å²) in [6.45, 7) is 6.79. The quantitative estimate of drug-likeness (QED) is 0.890. The summed E-state index contributed by atoms with van der Waals surface area (Å²) in [5.41, 5.74) is 0.185. The topological polar surface area (TPSA) is 46.5 Å². The van der Waals surface area contributed by atoms with E-state index in [1.165, 1.54) is 0 Å². The number of hydrogen-bond acceptors (Lipinski definition) is 2. The van der Waals surface area contributed by atoms with E-state index < -0.39 is 5.97 Å². The Morgan fingerprint density at radius 3 is 2.59 bits per heavy atom. The van der Waals surface area contributed by atoms with Gasteiger partial charge in [0, 0.05) is 0 Å². The number of aromatic carboxylic acids is 1. The lowest BCUT2D eigenvalue weighted by molar-refractivity contribution is 0.0692. The largest absolute Gasteiger partial charge is 0.493 e. The van der Waals surface area contributed by atoms with Crippen LogP contribution in [0.4, 0.5) is 0 Å². The Bertz CT molecular complexity index is 408. The Labute approximate surface area is 106 Å². The number of carboxylic acids is 1. The van der Waals surface area contributed by atoms with Crippen LogP contribution in [-0.2, 0) is 0 Å². The highest BCUT2D eigenvalue weighted by molar-refractivity contribution is 6.33. The van der Waals surface area contributed by atoms with Crippen LogP contribution in [0, 0.1) is 5.41 Å². The Morgan fingerprint density at radius 1 is 1.41 bits per heavy atom. The summed E-state index contributed by atoms with van der Waals surface area (Å²) in [6, 6.07) is 4.85. The molecule has 0 saturated heterocycles. The Balaban J connectivity index is 2.78. The second-order valence-corrected chi connectivity index (χ2v) is 5.48. The van der Waals surface area contributed by atoms with Crippen molar-refractivity contribution in [2.24, 2.45) is 5.41 Å². The van der Waals surface area contributed by atoms with Gasteiger partial charge in [-0.05, 0) is 24.0 Å². The van der Waals surface area contributed by atoms with E-state index in [-0.39, 0.29) is 16.0 Å². The number of ether oxygens (including phenoxy) is 1. The number of carboxylic acid groups (broad SMARTS) is 1. The highest BCUT2D eigenvalue weighted by atomic mass is 35.5. The average Bonchev–Trinajstić information content (AvgIpc) is 2.14. The first-order chi connectivity index (χ1) is 7.81. The van der Waals surface area contributed by atoms with Crippen molar-refractivity contribution >= 4 is 17.6 Å². The Kier molecular flexibility index (Phi) is 4.40. The summed E-state index contributed by atoms with van der Waals surface area (Å²) < 4.78 is 5.49. The zero-order chi connectivity index (χ0) is 13.1. The second-order valence-electron chi connectivity index (χ2n) is 5.08. The van der Waals surface area contributed by atoms with E-state index >= 15 is 0 Å². The maximum Gasteiger partial charge on any atom is 0.341 e. The van der Waals surface area contributed by atoms with Gasteiger partial charge in [0.2, 0.25) is 0 Å². The third-order valence-electron chi connectivity index (χ3n) is 2.30. The van der Waals surface area contributed by atoms with Crippen molar-refractivity contribution in [3.05, 3.63) is 28.8 Å². The minimum Gasteiger partial charge on any atom is -0.493 e. The summed E-state index contributed by atoms with van der Waals surface area (Å²) in [5, 5.41) is 9.24. The molecule has 0 bridgehead atoms. The molecule has 3 nitrogen and oxygen atoms in total. The lowest BCUT2D eigenvalue weighted by atomic mass is 9.93. The number of hydrogen-bond donors (Lipinski definition) is 1. The van der Waals surface area contributed by atoms with Gasteiger partial charge in [0.1, 0.15) is 11.3 Å². The van der Waals surface area contributed by atoms with Crippen LogP contribution < -0.4 is 4.74 Å². The van der Waals surface area contributed by atoms with Gasteiger partial charge >= 0.3 is 5.97 Å². The van der Waals surface area contributed by atoms with Crippen LogP contribution in [0.15, 0.2) is 18.2 Å². The SMILES string of the molecule is CC(C)(C)CCOc1cccc(Cl)c1C(=O)O. The van der Waals surface area contributed by atoms with E-state index in [1.807, 2.05) is 0 Å². The summed E-state index contributed by atoms with van der Waals surface area (Å²) in [7, 11) is 0. The highest BCUT2D eigenvalue weighted by Crippen LogP contribution is 2.27. The van der Waals surface area contributed by atoms with E-state index in [9.17, 15) is 4.79 Å². The molecule has 0 heterocycles. The van der Waals surface area contributed by atoms with Gasteiger partial charge in [-0.1, -0.05) is 38.4 Å². The van der Waals surface area contributed by atoms with Crippen molar-refractivity contribution in [3.63, 3.8) is 0 Å². The third kappa shape index (κ3) is 4.27. The van der Waals surface area contributed by atoms with Gasteiger partial charge in [0.15, 0.2) is 0 Å². The summed E-state index contributed by atoms with van der Waals surface area (Å²) >= 11 is 5.83. The zero-order valence-electron chi connectivity index (χ0n) is 10.3. The molecule has 1 aromatic rings. The molecule has 17 heavy (non-hydrogen) atoms. The molecule has 4 heteroatoms. The van der Waals surface area contributed by atoms with Crippen LogP contribution in [0.25, 0.3) is 0 Å². The third-order valence-corrected chi connectivity index (χ3v) is 2.61.